The molecular weight excluding hydrogens is 394 g/mol. The monoisotopic (exact) mass is 419 g/mol. The molecule has 0 aliphatic rings. The van der Waals surface area contributed by atoms with E-state index in [1.54, 1.807) is 18.2 Å². The Balaban J connectivity index is 1.88. The van der Waals surface area contributed by atoms with Gasteiger partial charge in [-0.25, -0.2) is 8.42 Å². The number of unbranched alkanes of at least 4 members (excludes halogenated alkanes) is 2. The molecule has 0 spiro atoms. The topological polar surface area (TPSA) is 56.1 Å². The second-order valence-corrected chi connectivity index (χ2v) is 9.77. The zero-order valence-corrected chi connectivity index (χ0v) is 18.1. The first-order chi connectivity index (χ1) is 14.4. The Labute approximate surface area is 177 Å². The summed E-state index contributed by atoms with van der Waals surface area (Å²) in [5.41, 5.74) is 2.06. The van der Waals surface area contributed by atoms with E-state index < -0.39 is 9.84 Å². The van der Waals surface area contributed by atoms with E-state index in [1.807, 2.05) is 53.2 Å². The third-order valence-electron chi connectivity index (χ3n) is 5.56. The molecule has 0 unspecified atom stereocenters. The molecule has 0 radical (unpaired) electrons. The summed E-state index contributed by atoms with van der Waals surface area (Å²) in [7, 11) is -3.33. The van der Waals surface area contributed by atoms with Gasteiger partial charge in [0.1, 0.15) is 0 Å². The molecule has 30 heavy (non-hydrogen) atoms. The average Bonchev–Trinajstić information content (AvgIpc) is 3.10. The average molecular weight is 420 g/mol. The third kappa shape index (κ3) is 3.77. The summed E-state index contributed by atoms with van der Waals surface area (Å²) in [6, 6.07) is 18.7. The fourth-order valence-electron chi connectivity index (χ4n) is 3.97. The summed E-state index contributed by atoms with van der Waals surface area (Å²) in [6.07, 6.45) is 6.25. The molecule has 0 saturated heterocycles. The van der Waals surface area contributed by atoms with Gasteiger partial charge in [0, 0.05) is 35.5 Å². The Hall–Kier alpha value is -2.92. The summed E-state index contributed by atoms with van der Waals surface area (Å²) in [5.74, 6) is -0.0434. The van der Waals surface area contributed by atoms with Crippen molar-refractivity contribution in [2.45, 2.75) is 37.6 Å². The van der Waals surface area contributed by atoms with Crippen molar-refractivity contribution in [3.8, 4) is 0 Å². The maximum atomic E-state index is 13.6. The first-order valence-electron chi connectivity index (χ1n) is 10.3. The molecule has 154 valence electrons. The maximum Gasteiger partial charge on any atom is 0.195 e. The van der Waals surface area contributed by atoms with E-state index in [-0.39, 0.29) is 10.7 Å². The minimum atomic E-state index is -3.33. The van der Waals surface area contributed by atoms with Gasteiger partial charge in [-0.2, -0.15) is 0 Å². The van der Waals surface area contributed by atoms with Crippen molar-refractivity contribution in [2.24, 2.45) is 0 Å². The van der Waals surface area contributed by atoms with Crippen LogP contribution in [-0.4, -0.2) is 25.0 Å². The van der Waals surface area contributed by atoms with Crippen LogP contribution in [0.15, 0.2) is 71.8 Å². The number of nitrogens with zero attached hydrogens (tertiary/aromatic N) is 1. The van der Waals surface area contributed by atoms with Crippen LogP contribution in [0.2, 0.25) is 0 Å². The van der Waals surface area contributed by atoms with Crippen molar-refractivity contribution in [2.75, 3.05) is 6.26 Å². The molecule has 4 nitrogen and oxygen atoms in total. The van der Waals surface area contributed by atoms with Crippen LogP contribution in [0.4, 0.5) is 0 Å². The maximum absolute atomic E-state index is 13.6. The number of aryl methyl sites for hydroxylation is 1. The Bertz CT molecular complexity index is 1340. The fourth-order valence-corrected chi connectivity index (χ4v) is 4.61. The van der Waals surface area contributed by atoms with E-state index in [1.165, 1.54) is 6.26 Å². The van der Waals surface area contributed by atoms with Crippen LogP contribution in [0.25, 0.3) is 21.7 Å². The van der Waals surface area contributed by atoms with E-state index in [0.29, 0.717) is 11.1 Å². The van der Waals surface area contributed by atoms with Gasteiger partial charge in [0.25, 0.3) is 0 Å². The number of carbonyl (C=O) groups is 1. The quantitative estimate of drug-likeness (QED) is 0.289. The van der Waals surface area contributed by atoms with Gasteiger partial charge in [0.15, 0.2) is 15.6 Å². The third-order valence-corrected chi connectivity index (χ3v) is 6.67. The summed E-state index contributed by atoms with van der Waals surface area (Å²) in [6.45, 7) is 2.89. The molecular formula is C25H25NO3S. The molecule has 0 aliphatic carbocycles. The molecule has 0 aliphatic heterocycles. The largest absolute Gasteiger partial charge is 0.347 e. The van der Waals surface area contributed by atoms with Crippen molar-refractivity contribution >= 4 is 37.3 Å². The number of hydrogen-bond donors (Lipinski definition) is 0. The Morgan fingerprint density at radius 1 is 0.900 bits per heavy atom. The number of carbonyl (C=O) groups excluding carboxylic acids is 1. The summed E-state index contributed by atoms with van der Waals surface area (Å²) in [4.78, 5) is 13.8. The predicted molar refractivity (Wildman–Crippen MR) is 122 cm³/mol. The van der Waals surface area contributed by atoms with Crippen molar-refractivity contribution < 1.29 is 13.2 Å². The highest BCUT2D eigenvalue weighted by molar-refractivity contribution is 7.90. The van der Waals surface area contributed by atoms with E-state index >= 15 is 0 Å². The predicted octanol–water partition coefficient (Wildman–Crippen LogP) is 5.62. The molecule has 5 heteroatoms. The van der Waals surface area contributed by atoms with Crippen LogP contribution in [0.5, 0.6) is 0 Å². The molecule has 0 amide bonds. The molecule has 0 saturated carbocycles. The lowest BCUT2D eigenvalue weighted by molar-refractivity contribution is 0.104. The number of sulfone groups is 1. The minimum absolute atomic E-state index is 0.0434. The van der Waals surface area contributed by atoms with Gasteiger partial charge in [-0.1, -0.05) is 68.3 Å². The standard InChI is InChI=1S/C25H25NO3S/c1-3-4-7-15-26-17-23(21-14-13-19(16-24(21)26)30(2,28)29)25(27)22-12-8-10-18-9-5-6-11-20(18)22/h5-6,8-14,16-17H,3-4,7,15H2,1-2H3. The summed E-state index contributed by atoms with van der Waals surface area (Å²) in [5, 5.41) is 2.73. The van der Waals surface area contributed by atoms with Gasteiger partial charge in [-0.3, -0.25) is 4.79 Å². The molecule has 1 heterocycles. The van der Waals surface area contributed by atoms with Crippen LogP contribution < -0.4 is 0 Å². The van der Waals surface area contributed by atoms with Crippen molar-refractivity contribution in [1.82, 2.24) is 4.57 Å². The van der Waals surface area contributed by atoms with E-state index in [4.69, 9.17) is 0 Å². The lowest BCUT2D eigenvalue weighted by Gasteiger charge is -2.06. The molecule has 0 fully saturated rings. The van der Waals surface area contributed by atoms with Crippen molar-refractivity contribution in [1.29, 1.82) is 0 Å². The molecule has 3 aromatic carbocycles. The van der Waals surface area contributed by atoms with Gasteiger partial charge < -0.3 is 4.57 Å². The second-order valence-electron chi connectivity index (χ2n) is 7.75. The highest BCUT2D eigenvalue weighted by Crippen LogP contribution is 2.29. The zero-order chi connectivity index (χ0) is 21.3. The summed E-state index contributed by atoms with van der Waals surface area (Å²) >= 11 is 0. The fraction of sp³-hybridized carbons (Fsp3) is 0.240. The van der Waals surface area contributed by atoms with Gasteiger partial charge >= 0.3 is 0 Å². The zero-order valence-electron chi connectivity index (χ0n) is 17.3. The smallest absolute Gasteiger partial charge is 0.195 e. The number of rotatable bonds is 7. The lowest BCUT2D eigenvalue weighted by Crippen LogP contribution is -2.02. The number of hydrogen-bond acceptors (Lipinski definition) is 3. The Morgan fingerprint density at radius 3 is 2.43 bits per heavy atom. The molecule has 4 rings (SSSR count). The van der Waals surface area contributed by atoms with Crippen LogP contribution in [0.1, 0.15) is 42.1 Å². The van der Waals surface area contributed by atoms with Crippen molar-refractivity contribution in [3.05, 3.63) is 78.0 Å². The lowest BCUT2D eigenvalue weighted by atomic mass is 9.97. The van der Waals surface area contributed by atoms with Crippen LogP contribution in [-0.2, 0) is 16.4 Å². The molecule has 0 N–H and O–H groups in total. The van der Waals surface area contributed by atoms with Gasteiger partial charge in [-0.15, -0.1) is 0 Å². The summed E-state index contributed by atoms with van der Waals surface area (Å²) < 4.78 is 26.2. The molecule has 0 bridgehead atoms. The van der Waals surface area contributed by atoms with E-state index in [9.17, 15) is 13.2 Å². The molecule has 1 aromatic heterocycles. The van der Waals surface area contributed by atoms with Gasteiger partial charge in [0.05, 0.1) is 10.4 Å². The highest BCUT2D eigenvalue weighted by atomic mass is 32.2. The second kappa shape index (κ2) is 8.07. The molecule has 4 aromatic rings. The number of ketones is 1. The number of benzene rings is 3. The minimum Gasteiger partial charge on any atom is -0.347 e. The highest BCUT2D eigenvalue weighted by Gasteiger charge is 2.20. The Kier molecular flexibility index (Phi) is 5.48. The first-order valence-corrected chi connectivity index (χ1v) is 12.1. The van der Waals surface area contributed by atoms with Gasteiger partial charge in [-0.05, 0) is 29.3 Å². The van der Waals surface area contributed by atoms with Gasteiger partial charge in [0.2, 0.25) is 0 Å². The molecule has 0 atom stereocenters. The van der Waals surface area contributed by atoms with Crippen molar-refractivity contribution in [3.63, 3.8) is 0 Å². The normalized spacial score (nSPS) is 11.9. The SMILES string of the molecule is CCCCCn1cc(C(=O)c2cccc3ccccc23)c2ccc(S(C)(=O)=O)cc21. The first kappa shape index (κ1) is 20.4. The van der Waals surface area contributed by atoms with E-state index in [0.717, 1.165) is 47.5 Å². The van der Waals surface area contributed by atoms with Crippen LogP contribution in [0.3, 0.4) is 0 Å². The van der Waals surface area contributed by atoms with E-state index in [2.05, 4.69) is 6.92 Å². The Morgan fingerprint density at radius 2 is 1.67 bits per heavy atom. The van der Waals surface area contributed by atoms with Crippen LogP contribution in [0, 0.1) is 0 Å². The number of aromatic nitrogens is 1. The van der Waals surface area contributed by atoms with Crippen LogP contribution >= 0.6 is 0 Å². The number of fused-ring (bicyclic) bond motifs is 2.